The lowest BCUT2D eigenvalue weighted by atomic mass is 9.77. The first-order chi connectivity index (χ1) is 9.00. The Kier molecular flexibility index (Phi) is 6.28. The number of amides is 1. The molecule has 5 nitrogen and oxygen atoms in total. The van der Waals surface area contributed by atoms with Crippen LogP contribution in [0.15, 0.2) is 0 Å². The van der Waals surface area contributed by atoms with Crippen molar-refractivity contribution < 1.29 is 14.7 Å². The standard InChI is InChI=1S/C14H26N2O3/c1-3-14(8-5-9-15-10-14)13(19)16-11(2)6-4-7-12(17)18/h11,15H,3-10H2,1-2H3,(H,16,19)(H,17,18). The highest BCUT2D eigenvalue weighted by atomic mass is 16.4. The maximum Gasteiger partial charge on any atom is 0.303 e. The van der Waals surface area contributed by atoms with Crippen molar-refractivity contribution in [3.05, 3.63) is 0 Å². The number of nitrogens with one attached hydrogen (secondary N) is 2. The van der Waals surface area contributed by atoms with Gasteiger partial charge in [0.25, 0.3) is 0 Å². The van der Waals surface area contributed by atoms with E-state index < -0.39 is 5.97 Å². The third-order valence-corrected chi connectivity index (χ3v) is 4.04. The molecule has 0 saturated carbocycles. The number of hydrogen-bond acceptors (Lipinski definition) is 3. The molecule has 3 N–H and O–H groups in total. The summed E-state index contributed by atoms with van der Waals surface area (Å²) in [6, 6.07) is 0.0391. The minimum Gasteiger partial charge on any atom is -0.481 e. The van der Waals surface area contributed by atoms with Gasteiger partial charge in [-0.3, -0.25) is 9.59 Å². The normalized spacial score (nSPS) is 24.7. The quantitative estimate of drug-likeness (QED) is 0.655. The zero-order valence-corrected chi connectivity index (χ0v) is 12.0. The summed E-state index contributed by atoms with van der Waals surface area (Å²) in [4.78, 5) is 22.8. The summed E-state index contributed by atoms with van der Waals surface area (Å²) in [6.45, 7) is 5.74. The molecule has 1 saturated heterocycles. The first kappa shape index (κ1) is 16.0. The van der Waals surface area contributed by atoms with E-state index in [0.29, 0.717) is 12.8 Å². The SMILES string of the molecule is CCC1(C(=O)NC(C)CCCC(=O)O)CCCNC1. The second-order valence-corrected chi connectivity index (χ2v) is 5.57. The average Bonchev–Trinajstić information content (AvgIpc) is 2.39. The van der Waals surface area contributed by atoms with Crippen molar-refractivity contribution in [3.63, 3.8) is 0 Å². The van der Waals surface area contributed by atoms with Crippen LogP contribution in [0, 0.1) is 5.41 Å². The number of piperidine rings is 1. The summed E-state index contributed by atoms with van der Waals surface area (Å²) >= 11 is 0. The van der Waals surface area contributed by atoms with Crippen molar-refractivity contribution in [1.29, 1.82) is 0 Å². The van der Waals surface area contributed by atoms with Crippen molar-refractivity contribution in [3.8, 4) is 0 Å². The third-order valence-electron chi connectivity index (χ3n) is 4.04. The molecule has 19 heavy (non-hydrogen) atoms. The van der Waals surface area contributed by atoms with Gasteiger partial charge in [0.15, 0.2) is 0 Å². The van der Waals surface area contributed by atoms with E-state index in [0.717, 1.165) is 32.4 Å². The summed E-state index contributed by atoms with van der Waals surface area (Å²) in [5.74, 6) is -0.662. The lowest BCUT2D eigenvalue weighted by Gasteiger charge is -2.36. The summed E-state index contributed by atoms with van der Waals surface area (Å²) in [6.07, 6.45) is 4.30. The zero-order chi connectivity index (χ0) is 14.3. The average molecular weight is 270 g/mol. The molecule has 1 amide bonds. The van der Waals surface area contributed by atoms with Crippen LogP contribution in [0.5, 0.6) is 0 Å². The molecule has 0 aromatic carbocycles. The molecular weight excluding hydrogens is 244 g/mol. The van der Waals surface area contributed by atoms with Gasteiger partial charge in [-0.25, -0.2) is 0 Å². The fourth-order valence-corrected chi connectivity index (χ4v) is 2.63. The lowest BCUT2D eigenvalue weighted by molar-refractivity contribution is -0.137. The van der Waals surface area contributed by atoms with Crippen LogP contribution in [-0.4, -0.2) is 36.1 Å². The Balaban J connectivity index is 2.41. The third kappa shape index (κ3) is 4.82. The van der Waals surface area contributed by atoms with Gasteiger partial charge in [0, 0.05) is 19.0 Å². The number of carbonyl (C=O) groups excluding carboxylic acids is 1. The molecule has 1 rings (SSSR count). The molecule has 2 atom stereocenters. The molecule has 1 fully saturated rings. The topological polar surface area (TPSA) is 78.4 Å². The van der Waals surface area contributed by atoms with Crippen LogP contribution in [0.25, 0.3) is 0 Å². The van der Waals surface area contributed by atoms with E-state index in [-0.39, 0.29) is 23.8 Å². The second-order valence-electron chi connectivity index (χ2n) is 5.57. The molecule has 5 heteroatoms. The molecule has 0 aromatic heterocycles. The van der Waals surface area contributed by atoms with Crippen LogP contribution in [0.2, 0.25) is 0 Å². The van der Waals surface area contributed by atoms with Gasteiger partial charge in [-0.1, -0.05) is 6.92 Å². The van der Waals surface area contributed by atoms with Crippen LogP contribution < -0.4 is 10.6 Å². The van der Waals surface area contributed by atoms with Gasteiger partial charge < -0.3 is 15.7 Å². The van der Waals surface area contributed by atoms with Crippen molar-refractivity contribution in [2.24, 2.45) is 5.41 Å². The monoisotopic (exact) mass is 270 g/mol. The molecule has 0 bridgehead atoms. The van der Waals surface area contributed by atoms with Crippen molar-refractivity contribution in [2.75, 3.05) is 13.1 Å². The second kappa shape index (κ2) is 7.48. The fourth-order valence-electron chi connectivity index (χ4n) is 2.63. The van der Waals surface area contributed by atoms with Crippen molar-refractivity contribution in [2.45, 2.75) is 58.4 Å². The zero-order valence-electron chi connectivity index (χ0n) is 12.0. The van der Waals surface area contributed by atoms with Gasteiger partial charge in [-0.2, -0.15) is 0 Å². The van der Waals surface area contributed by atoms with E-state index in [1.165, 1.54) is 0 Å². The van der Waals surface area contributed by atoms with Crippen LogP contribution in [-0.2, 0) is 9.59 Å². The molecule has 1 aliphatic rings. The van der Waals surface area contributed by atoms with Gasteiger partial charge in [0.05, 0.1) is 5.41 Å². The van der Waals surface area contributed by atoms with Crippen LogP contribution in [0.4, 0.5) is 0 Å². The number of carbonyl (C=O) groups is 2. The lowest BCUT2D eigenvalue weighted by Crippen LogP contribution is -2.52. The molecule has 0 spiro atoms. The van der Waals surface area contributed by atoms with E-state index in [1.807, 2.05) is 6.92 Å². The highest BCUT2D eigenvalue weighted by Crippen LogP contribution is 2.30. The Morgan fingerprint density at radius 3 is 2.74 bits per heavy atom. The molecule has 0 aromatic rings. The Hall–Kier alpha value is -1.10. The highest BCUT2D eigenvalue weighted by molar-refractivity contribution is 5.83. The van der Waals surface area contributed by atoms with Crippen molar-refractivity contribution >= 4 is 11.9 Å². The smallest absolute Gasteiger partial charge is 0.303 e. The summed E-state index contributed by atoms with van der Waals surface area (Å²) in [5, 5.41) is 14.9. The van der Waals surface area contributed by atoms with Gasteiger partial charge >= 0.3 is 5.97 Å². The molecular formula is C14H26N2O3. The number of aliphatic carboxylic acids is 1. The van der Waals surface area contributed by atoms with E-state index in [9.17, 15) is 9.59 Å². The Labute approximate surface area is 115 Å². The summed E-state index contributed by atoms with van der Waals surface area (Å²) in [7, 11) is 0. The predicted molar refractivity (Wildman–Crippen MR) is 73.9 cm³/mol. The minimum absolute atomic E-state index is 0.0391. The van der Waals surface area contributed by atoms with E-state index in [1.54, 1.807) is 0 Å². The molecule has 1 heterocycles. The Bertz CT molecular complexity index is 312. The molecule has 2 unspecified atom stereocenters. The van der Waals surface area contributed by atoms with Gasteiger partial charge in [-0.15, -0.1) is 0 Å². The van der Waals surface area contributed by atoms with E-state index in [4.69, 9.17) is 5.11 Å². The number of carboxylic acids is 1. The first-order valence-electron chi connectivity index (χ1n) is 7.23. The molecule has 0 aliphatic carbocycles. The number of hydrogen-bond donors (Lipinski definition) is 3. The molecule has 110 valence electrons. The molecule has 0 radical (unpaired) electrons. The maximum atomic E-state index is 12.4. The first-order valence-corrected chi connectivity index (χ1v) is 7.23. The van der Waals surface area contributed by atoms with Gasteiger partial charge in [0.1, 0.15) is 0 Å². The van der Waals surface area contributed by atoms with Gasteiger partial charge in [0.2, 0.25) is 5.91 Å². The van der Waals surface area contributed by atoms with Crippen LogP contribution in [0.1, 0.15) is 52.4 Å². The van der Waals surface area contributed by atoms with E-state index in [2.05, 4.69) is 17.6 Å². The van der Waals surface area contributed by atoms with Crippen LogP contribution >= 0.6 is 0 Å². The van der Waals surface area contributed by atoms with Gasteiger partial charge in [-0.05, 0) is 45.6 Å². The summed E-state index contributed by atoms with van der Waals surface area (Å²) in [5.41, 5.74) is -0.278. The van der Waals surface area contributed by atoms with Crippen molar-refractivity contribution in [1.82, 2.24) is 10.6 Å². The highest BCUT2D eigenvalue weighted by Gasteiger charge is 2.38. The summed E-state index contributed by atoms with van der Waals surface area (Å²) < 4.78 is 0. The minimum atomic E-state index is -0.778. The Morgan fingerprint density at radius 1 is 1.47 bits per heavy atom. The Morgan fingerprint density at radius 2 is 2.21 bits per heavy atom. The maximum absolute atomic E-state index is 12.4. The number of carboxylic acid groups (broad SMARTS) is 1. The van der Waals surface area contributed by atoms with Crippen LogP contribution in [0.3, 0.4) is 0 Å². The van der Waals surface area contributed by atoms with E-state index >= 15 is 0 Å². The number of rotatable bonds is 7. The fraction of sp³-hybridized carbons (Fsp3) is 0.857. The predicted octanol–water partition coefficient (Wildman–Crippen LogP) is 1.53. The molecule has 1 aliphatic heterocycles. The largest absolute Gasteiger partial charge is 0.481 e.